The molecule has 0 aliphatic carbocycles. The maximum Gasteiger partial charge on any atom is 0.310 e. The number of carbonyl (C=O) groups is 2. The van der Waals surface area contributed by atoms with Crippen LogP contribution < -0.4 is 5.73 Å². The second kappa shape index (κ2) is 15.8. The fourth-order valence-electron chi connectivity index (χ4n) is 2.36. The Kier molecular flexibility index (Phi) is 16.6. The summed E-state index contributed by atoms with van der Waals surface area (Å²) >= 11 is 0. The van der Waals surface area contributed by atoms with Crippen LogP contribution in [0, 0.1) is 11.8 Å². The lowest BCUT2D eigenvalue weighted by molar-refractivity contribution is -0.146. The van der Waals surface area contributed by atoms with Crippen LogP contribution in [0.1, 0.15) is 72.6 Å². The molecule has 5 heteroatoms. The highest BCUT2D eigenvalue weighted by molar-refractivity contribution is 5.73. The summed E-state index contributed by atoms with van der Waals surface area (Å²) in [6.07, 6.45) is 6.53. The van der Waals surface area contributed by atoms with Crippen LogP contribution in [0.5, 0.6) is 0 Å². The van der Waals surface area contributed by atoms with Gasteiger partial charge in [0.05, 0.1) is 20.1 Å². The van der Waals surface area contributed by atoms with E-state index < -0.39 is 0 Å². The number of hydrogen-bond donors (Lipinski definition) is 1. The van der Waals surface area contributed by atoms with Crippen LogP contribution in [0.2, 0.25) is 0 Å². The number of rotatable bonds is 10. The largest absolute Gasteiger partial charge is 0.469 e. The van der Waals surface area contributed by atoms with E-state index in [2.05, 4.69) is 23.3 Å². The fraction of sp³-hybridized carbons (Fsp3) is 0.889. The van der Waals surface area contributed by atoms with Crippen molar-refractivity contribution in [3.8, 4) is 0 Å². The van der Waals surface area contributed by atoms with E-state index in [1.807, 2.05) is 13.8 Å². The van der Waals surface area contributed by atoms with Gasteiger partial charge in [-0.1, -0.05) is 47.0 Å². The number of ether oxygens (including phenoxy) is 2. The lowest BCUT2D eigenvalue weighted by Gasteiger charge is -2.19. The van der Waals surface area contributed by atoms with Crippen LogP contribution in [-0.4, -0.2) is 32.2 Å². The van der Waals surface area contributed by atoms with Crippen molar-refractivity contribution in [1.29, 1.82) is 0 Å². The van der Waals surface area contributed by atoms with Gasteiger partial charge in [-0.05, 0) is 25.2 Å². The second-order valence-corrected chi connectivity index (χ2v) is 6.00. The van der Waals surface area contributed by atoms with Gasteiger partial charge in [0.15, 0.2) is 0 Å². The maximum atomic E-state index is 11.2. The van der Waals surface area contributed by atoms with E-state index in [1.165, 1.54) is 27.1 Å². The summed E-state index contributed by atoms with van der Waals surface area (Å²) in [5, 5.41) is 0. The van der Waals surface area contributed by atoms with Crippen molar-refractivity contribution in [2.75, 3.05) is 14.2 Å². The molecule has 3 unspecified atom stereocenters. The van der Waals surface area contributed by atoms with Crippen LogP contribution in [0.25, 0.3) is 0 Å². The van der Waals surface area contributed by atoms with Crippen LogP contribution in [0.4, 0.5) is 0 Å². The van der Waals surface area contributed by atoms with Gasteiger partial charge in [-0.25, -0.2) is 0 Å². The molecule has 0 spiro atoms. The first-order valence-corrected chi connectivity index (χ1v) is 8.77. The number of carbonyl (C=O) groups excluding carboxylic acids is 2. The Hall–Kier alpha value is -1.10. The van der Waals surface area contributed by atoms with Crippen LogP contribution in [0.3, 0.4) is 0 Å². The number of nitrogens with two attached hydrogens (primary N) is 1. The monoisotopic (exact) mass is 331 g/mol. The summed E-state index contributed by atoms with van der Waals surface area (Å²) in [4.78, 5) is 21.9. The summed E-state index contributed by atoms with van der Waals surface area (Å²) in [6.45, 7) is 8.36. The molecule has 0 rings (SSSR count). The molecule has 5 nitrogen and oxygen atoms in total. The van der Waals surface area contributed by atoms with Crippen LogP contribution in [-0.2, 0) is 19.1 Å². The Morgan fingerprint density at radius 1 is 0.957 bits per heavy atom. The quantitative estimate of drug-likeness (QED) is 0.618. The number of methoxy groups -OCH3 is 2. The summed E-state index contributed by atoms with van der Waals surface area (Å²) in [5.41, 5.74) is 5.78. The smallest absolute Gasteiger partial charge is 0.310 e. The normalized spacial score (nSPS) is 14.0. The molecular weight excluding hydrogens is 294 g/mol. The highest BCUT2D eigenvalue weighted by atomic mass is 16.5. The molecule has 0 saturated heterocycles. The van der Waals surface area contributed by atoms with Gasteiger partial charge in [0.25, 0.3) is 0 Å². The lowest BCUT2D eigenvalue weighted by atomic mass is 9.94. The van der Waals surface area contributed by atoms with Crippen LogP contribution in [0.15, 0.2) is 0 Å². The third-order valence-electron chi connectivity index (χ3n) is 3.94. The van der Waals surface area contributed by atoms with E-state index in [-0.39, 0.29) is 23.9 Å². The summed E-state index contributed by atoms with van der Waals surface area (Å²) in [6, 6.07) is -0.0580. The molecule has 23 heavy (non-hydrogen) atoms. The average molecular weight is 331 g/mol. The van der Waals surface area contributed by atoms with E-state index in [9.17, 15) is 9.59 Å². The second-order valence-electron chi connectivity index (χ2n) is 6.00. The van der Waals surface area contributed by atoms with E-state index in [1.54, 1.807) is 0 Å². The topological polar surface area (TPSA) is 78.6 Å². The van der Waals surface area contributed by atoms with Crippen molar-refractivity contribution in [3.05, 3.63) is 0 Å². The third kappa shape index (κ3) is 13.1. The zero-order valence-electron chi connectivity index (χ0n) is 15.9. The van der Waals surface area contributed by atoms with Gasteiger partial charge >= 0.3 is 11.9 Å². The first-order chi connectivity index (χ1) is 10.9. The van der Waals surface area contributed by atoms with Gasteiger partial charge in [-0.3, -0.25) is 9.59 Å². The zero-order chi connectivity index (χ0) is 18.3. The standard InChI is InChI=1S/C9H19NO2.C9H18O2/c1-4-6-7(8(10)5-2)9(11)12-3;1-4-5-8(2)6-7-9(10)11-3/h7-8H,4-6,10H2,1-3H3;8H,4-7H2,1-3H3. The van der Waals surface area contributed by atoms with Gasteiger partial charge in [-0.15, -0.1) is 0 Å². The summed E-state index contributed by atoms with van der Waals surface area (Å²) < 4.78 is 9.21. The molecular formula is C18H37NO4. The number of esters is 2. The van der Waals surface area contributed by atoms with E-state index >= 15 is 0 Å². The molecule has 2 N–H and O–H groups in total. The molecule has 0 saturated carbocycles. The SMILES string of the molecule is CCCC(C(=O)OC)C(N)CC.CCCC(C)CCC(=O)OC. The minimum absolute atomic E-state index is 0.0580. The van der Waals surface area contributed by atoms with Crippen molar-refractivity contribution in [1.82, 2.24) is 0 Å². The molecule has 0 radical (unpaired) electrons. The molecule has 0 aromatic carbocycles. The molecule has 3 atom stereocenters. The molecule has 0 fully saturated rings. The molecule has 0 bridgehead atoms. The molecule has 138 valence electrons. The molecule has 0 aliphatic rings. The fourth-order valence-corrected chi connectivity index (χ4v) is 2.36. The molecule has 0 amide bonds. The van der Waals surface area contributed by atoms with Crippen molar-refractivity contribution >= 4 is 11.9 Å². The van der Waals surface area contributed by atoms with Gasteiger partial charge in [-0.2, -0.15) is 0 Å². The summed E-state index contributed by atoms with van der Waals surface area (Å²) in [5.74, 6) is 0.267. The Morgan fingerprint density at radius 3 is 1.91 bits per heavy atom. The van der Waals surface area contributed by atoms with Crippen molar-refractivity contribution < 1.29 is 19.1 Å². The van der Waals surface area contributed by atoms with Gasteiger partial charge in [0.2, 0.25) is 0 Å². The Morgan fingerprint density at radius 2 is 1.52 bits per heavy atom. The van der Waals surface area contributed by atoms with Gasteiger partial charge < -0.3 is 15.2 Å². The molecule has 0 aliphatic heterocycles. The van der Waals surface area contributed by atoms with Gasteiger partial charge in [0, 0.05) is 12.5 Å². The molecule has 0 aromatic rings. The Labute approximate surface area is 142 Å². The van der Waals surface area contributed by atoms with Crippen molar-refractivity contribution in [2.24, 2.45) is 17.6 Å². The van der Waals surface area contributed by atoms with E-state index in [4.69, 9.17) is 5.73 Å². The zero-order valence-corrected chi connectivity index (χ0v) is 15.9. The third-order valence-corrected chi connectivity index (χ3v) is 3.94. The molecule has 0 heterocycles. The highest BCUT2D eigenvalue weighted by Crippen LogP contribution is 2.14. The highest BCUT2D eigenvalue weighted by Gasteiger charge is 2.23. The van der Waals surface area contributed by atoms with Crippen LogP contribution >= 0.6 is 0 Å². The van der Waals surface area contributed by atoms with Gasteiger partial charge in [0.1, 0.15) is 0 Å². The predicted octanol–water partition coefficient (Wildman–Crippen LogP) is 3.69. The molecule has 0 aromatic heterocycles. The predicted molar refractivity (Wildman–Crippen MR) is 94.0 cm³/mol. The first kappa shape index (κ1) is 24.2. The minimum Gasteiger partial charge on any atom is -0.469 e. The lowest BCUT2D eigenvalue weighted by Crippen LogP contribution is -2.35. The number of hydrogen-bond acceptors (Lipinski definition) is 5. The average Bonchev–Trinajstić information content (AvgIpc) is 2.56. The van der Waals surface area contributed by atoms with Crippen molar-refractivity contribution in [3.63, 3.8) is 0 Å². The maximum absolute atomic E-state index is 11.2. The Balaban J connectivity index is 0. The van der Waals surface area contributed by atoms with Crippen molar-refractivity contribution in [2.45, 2.75) is 78.7 Å². The minimum atomic E-state index is -0.175. The Bertz CT molecular complexity index is 307. The van der Waals surface area contributed by atoms with E-state index in [0.29, 0.717) is 12.3 Å². The van der Waals surface area contributed by atoms with E-state index in [0.717, 1.165) is 25.7 Å². The first-order valence-electron chi connectivity index (χ1n) is 8.77. The summed E-state index contributed by atoms with van der Waals surface area (Å²) in [7, 11) is 2.85.